The van der Waals surface area contributed by atoms with Crippen LogP contribution in [0.25, 0.3) is 0 Å². The van der Waals surface area contributed by atoms with Gasteiger partial charge in [0.25, 0.3) is 5.91 Å². The van der Waals surface area contributed by atoms with Crippen molar-refractivity contribution in [3.8, 4) is 0 Å². The number of rotatable bonds is 1. The largest absolute Gasteiger partial charge is 0.365 e. The van der Waals surface area contributed by atoms with Gasteiger partial charge in [-0.05, 0) is 12.1 Å². The van der Waals surface area contributed by atoms with Gasteiger partial charge in [0.1, 0.15) is 0 Å². The summed E-state index contributed by atoms with van der Waals surface area (Å²) in [5, 5.41) is 2.71. The van der Waals surface area contributed by atoms with Crippen LogP contribution >= 0.6 is 0 Å². The number of primary amides is 1. The zero-order valence-electron chi connectivity index (χ0n) is 7.60. The van der Waals surface area contributed by atoms with Crippen LogP contribution in [0.15, 0.2) is 40.3 Å². The van der Waals surface area contributed by atoms with Crippen molar-refractivity contribution in [1.82, 2.24) is 0 Å². The molecule has 0 saturated carbocycles. The van der Waals surface area contributed by atoms with Crippen LogP contribution in [-0.2, 0) is 14.6 Å². The first-order chi connectivity index (χ1) is 7.03. The topological polar surface area (TPSA) is 89.3 Å². The van der Waals surface area contributed by atoms with Crippen molar-refractivity contribution in [3.05, 3.63) is 35.4 Å². The summed E-state index contributed by atoms with van der Waals surface area (Å²) in [6.45, 7) is 0. The summed E-state index contributed by atoms with van der Waals surface area (Å²) in [6, 6.07) is 6.32. The fraction of sp³-hybridized carbons (Fsp3) is 0. The molecule has 0 atom stereocenters. The van der Waals surface area contributed by atoms with Gasteiger partial charge in [-0.15, -0.1) is 0 Å². The Labute approximate surface area is 86.5 Å². The molecule has 78 valence electrons. The van der Waals surface area contributed by atoms with Gasteiger partial charge >= 0.3 is 0 Å². The molecule has 0 spiro atoms. The lowest BCUT2D eigenvalue weighted by Gasteiger charge is -2.16. The minimum Gasteiger partial charge on any atom is -0.365 e. The van der Waals surface area contributed by atoms with Crippen LogP contribution in [0.1, 0.15) is 0 Å². The number of carbonyl (C=O) groups is 1. The van der Waals surface area contributed by atoms with Gasteiger partial charge in [0, 0.05) is 6.20 Å². The molecule has 1 heterocycles. The fourth-order valence-electron chi connectivity index (χ4n) is 1.36. The van der Waals surface area contributed by atoms with Gasteiger partial charge in [-0.3, -0.25) is 4.79 Å². The number of amides is 1. The molecule has 1 aliphatic rings. The zero-order chi connectivity index (χ0) is 11.1. The molecule has 0 fully saturated rings. The van der Waals surface area contributed by atoms with Crippen LogP contribution < -0.4 is 11.1 Å². The molecule has 0 saturated heterocycles. The second kappa shape index (κ2) is 3.09. The number of sulfone groups is 1. The van der Waals surface area contributed by atoms with Crippen molar-refractivity contribution in [2.75, 3.05) is 5.32 Å². The van der Waals surface area contributed by atoms with Crippen molar-refractivity contribution in [1.29, 1.82) is 0 Å². The number of benzene rings is 1. The van der Waals surface area contributed by atoms with Gasteiger partial charge in [0.05, 0.1) is 10.6 Å². The molecule has 0 bridgehead atoms. The molecule has 1 amide bonds. The summed E-state index contributed by atoms with van der Waals surface area (Å²) < 4.78 is 23.7. The molecule has 1 aromatic rings. The summed E-state index contributed by atoms with van der Waals surface area (Å²) in [4.78, 5) is 10.6. The van der Waals surface area contributed by atoms with Crippen molar-refractivity contribution in [2.45, 2.75) is 4.90 Å². The molecule has 0 aliphatic carbocycles. The third-order valence-electron chi connectivity index (χ3n) is 2.07. The standard InChI is InChI=1S/C9H8N2O3S/c10-9(12)8-5-11-6-3-1-2-4-7(6)15(8,13)14/h1-5,11H,(H2,10,12). The second-order valence-corrected chi connectivity index (χ2v) is 4.90. The molecule has 1 aromatic carbocycles. The zero-order valence-corrected chi connectivity index (χ0v) is 8.41. The average molecular weight is 224 g/mol. The Morgan fingerprint density at radius 3 is 2.60 bits per heavy atom. The predicted octanol–water partition coefficient (Wildman–Crippen LogP) is 0.212. The number of anilines is 1. The van der Waals surface area contributed by atoms with Gasteiger partial charge in [0.2, 0.25) is 9.84 Å². The highest BCUT2D eigenvalue weighted by molar-refractivity contribution is 7.96. The number of hydrogen-bond acceptors (Lipinski definition) is 4. The Hall–Kier alpha value is -1.82. The number of nitrogens with two attached hydrogens (primary N) is 1. The highest BCUT2D eigenvalue weighted by Gasteiger charge is 2.30. The van der Waals surface area contributed by atoms with Crippen molar-refractivity contribution >= 4 is 21.4 Å². The van der Waals surface area contributed by atoms with Crippen LogP contribution in [0.3, 0.4) is 0 Å². The number of carbonyl (C=O) groups excluding carboxylic acids is 1. The minimum absolute atomic E-state index is 0.0706. The average Bonchev–Trinajstić information content (AvgIpc) is 2.17. The van der Waals surface area contributed by atoms with Gasteiger partial charge in [0.15, 0.2) is 4.91 Å². The Balaban J connectivity index is 2.68. The van der Waals surface area contributed by atoms with E-state index < -0.39 is 20.6 Å². The van der Waals surface area contributed by atoms with Gasteiger partial charge < -0.3 is 11.1 Å². The summed E-state index contributed by atoms with van der Waals surface area (Å²) >= 11 is 0. The van der Waals surface area contributed by atoms with E-state index in [2.05, 4.69) is 5.32 Å². The van der Waals surface area contributed by atoms with Crippen molar-refractivity contribution in [3.63, 3.8) is 0 Å². The fourth-order valence-corrected chi connectivity index (χ4v) is 2.75. The Bertz CT molecular complexity index is 560. The molecule has 5 nitrogen and oxygen atoms in total. The molecule has 3 N–H and O–H groups in total. The molecule has 6 heteroatoms. The third-order valence-corrected chi connectivity index (χ3v) is 3.90. The molecule has 0 aromatic heterocycles. The Kier molecular flexibility index (Phi) is 2.01. The first-order valence-electron chi connectivity index (χ1n) is 4.14. The second-order valence-electron chi connectivity index (χ2n) is 3.02. The lowest BCUT2D eigenvalue weighted by molar-refractivity contribution is -0.113. The van der Waals surface area contributed by atoms with Crippen LogP contribution in [0.2, 0.25) is 0 Å². The SMILES string of the molecule is NC(=O)C1=CNc2ccccc2S1(=O)=O. The van der Waals surface area contributed by atoms with E-state index in [1.165, 1.54) is 6.07 Å². The highest BCUT2D eigenvalue weighted by Crippen LogP contribution is 2.30. The van der Waals surface area contributed by atoms with E-state index in [9.17, 15) is 13.2 Å². The lowest BCUT2D eigenvalue weighted by Crippen LogP contribution is -2.25. The van der Waals surface area contributed by atoms with Crippen LogP contribution in [-0.4, -0.2) is 14.3 Å². The van der Waals surface area contributed by atoms with Crippen LogP contribution in [0.5, 0.6) is 0 Å². The van der Waals surface area contributed by atoms with E-state index in [4.69, 9.17) is 5.73 Å². The summed E-state index contributed by atoms with van der Waals surface area (Å²) in [7, 11) is -3.76. The number of para-hydroxylation sites is 1. The first kappa shape index (κ1) is 9.72. The molecule has 0 unspecified atom stereocenters. The smallest absolute Gasteiger partial charge is 0.262 e. The monoisotopic (exact) mass is 224 g/mol. The molecule has 15 heavy (non-hydrogen) atoms. The summed E-state index contributed by atoms with van der Waals surface area (Å²) in [5.41, 5.74) is 5.42. The minimum atomic E-state index is -3.76. The van der Waals surface area contributed by atoms with E-state index >= 15 is 0 Å². The first-order valence-corrected chi connectivity index (χ1v) is 5.62. The maximum atomic E-state index is 11.8. The van der Waals surface area contributed by atoms with E-state index in [0.29, 0.717) is 5.69 Å². The number of hydrogen-bond donors (Lipinski definition) is 2. The number of nitrogens with one attached hydrogen (secondary N) is 1. The van der Waals surface area contributed by atoms with Gasteiger partial charge in [-0.2, -0.15) is 0 Å². The maximum absolute atomic E-state index is 11.8. The third kappa shape index (κ3) is 1.39. The quantitative estimate of drug-likeness (QED) is 0.713. The van der Waals surface area contributed by atoms with E-state index in [-0.39, 0.29) is 4.90 Å². The van der Waals surface area contributed by atoms with Gasteiger partial charge in [-0.25, -0.2) is 8.42 Å². The van der Waals surface area contributed by atoms with Crippen molar-refractivity contribution in [2.24, 2.45) is 5.73 Å². The van der Waals surface area contributed by atoms with Gasteiger partial charge in [-0.1, -0.05) is 12.1 Å². The molecule has 1 aliphatic heterocycles. The van der Waals surface area contributed by atoms with Crippen LogP contribution in [0, 0.1) is 0 Å². The number of fused-ring (bicyclic) bond motifs is 1. The van der Waals surface area contributed by atoms with Crippen LogP contribution in [0.4, 0.5) is 5.69 Å². The normalized spacial score (nSPS) is 17.2. The predicted molar refractivity (Wildman–Crippen MR) is 54.5 cm³/mol. The summed E-state index contributed by atoms with van der Waals surface area (Å²) in [6.07, 6.45) is 1.11. The van der Waals surface area contributed by atoms with Crippen molar-refractivity contribution < 1.29 is 13.2 Å². The van der Waals surface area contributed by atoms with E-state index in [0.717, 1.165) is 6.20 Å². The molecule has 0 radical (unpaired) electrons. The van der Waals surface area contributed by atoms with E-state index in [1.54, 1.807) is 18.2 Å². The molecular weight excluding hydrogens is 216 g/mol. The molecule has 2 rings (SSSR count). The van der Waals surface area contributed by atoms with E-state index in [1.807, 2.05) is 0 Å². The lowest BCUT2D eigenvalue weighted by atomic mass is 10.3. The molecular formula is C9H8N2O3S. The highest BCUT2D eigenvalue weighted by atomic mass is 32.2. The summed E-state index contributed by atoms with van der Waals surface area (Å²) in [5.74, 6) is -0.961. The Morgan fingerprint density at radius 2 is 1.93 bits per heavy atom. The Morgan fingerprint density at radius 1 is 1.27 bits per heavy atom. The maximum Gasteiger partial charge on any atom is 0.262 e.